The zero-order chi connectivity index (χ0) is 14.8. The smallest absolute Gasteiger partial charge is 0.423 e. The van der Waals surface area contributed by atoms with Crippen LogP contribution in [0.4, 0.5) is 4.39 Å². The third-order valence-electron chi connectivity index (χ3n) is 3.39. The minimum atomic E-state index is -1.23. The zero-order valence-electron chi connectivity index (χ0n) is 11.6. The molecule has 0 aromatic heterocycles. The van der Waals surface area contributed by atoms with Crippen LogP contribution in [0.3, 0.4) is 0 Å². The van der Waals surface area contributed by atoms with Crippen LogP contribution in [0.1, 0.15) is 33.3 Å². The second-order valence-electron chi connectivity index (χ2n) is 5.52. The van der Waals surface area contributed by atoms with E-state index >= 15 is 0 Å². The molecule has 0 heterocycles. The second kappa shape index (κ2) is 5.91. The van der Waals surface area contributed by atoms with Crippen LogP contribution in [0.25, 0.3) is 0 Å². The van der Waals surface area contributed by atoms with E-state index in [4.69, 9.17) is 4.65 Å². The van der Waals surface area contributed by atoms with E-state index in [0.29, 0.717) is 16.4 Å². The second-order valence-corrected chi connectivity index (χ2v) is 6.08. The molecule has 0 amide bonds. The highest BCUT2D eigenvalue weighted by molar-refractivity contribution is 9.08. The van der Waals surface area contributed by atoms with Gasteiger partial charge >= 0.3 is 7.12 Å². The highest BCUT2D eigenvalue weighted by atomic mass is 79.9. The first-order chi connectivity index (χ1) is 8.58. The van der Waals surface area contributed by atoms with Crippen LogP contribution in [0.5, 0.6) is 0 Å². The van der Waals surface area contributed by atoms with E-state index in [1.54, 1.807) is 27.7 Å². The van der Waals surface area contributed by atoms with Gasteiger partial charge in [-0.1, -0.05) is 22.0 Å². The highest BCUT2D eigenvalue weighted by Gasteiger charge is 2.39. The summed E-state index contributed by atoms with van der Waals surface area (Å²) in [7, 11) is -1.23. The maximum Gasteiger partial charge on any atom is 0.491 e. The molecular weight excluding hydrogens is 314 g/mol. The topological polar surface area (TPSA) is 49.7 Å². The maximum absolute atomic E-state index is 13.1. The predicted octanol–water partition coefficient (Wildman–Crippen LogP) is 1.97. The summed E-state index contributed by atoms with van der Waals surface area (Å²) in [5.74, 6) is -0.368. The molecule has 0 saturated heterocycles. The van der Waals surface area contributed by atoms with Crippen LogP contribution in [0.2, 0.25) is 0 Å². The van der Waals surface area contributed by atoms with Crippen LogP contribution in [0, 0.1) is 5.82 Å². The van der Waals surface area contributed by atoms with Crippen molar-refractivity contribution in [1.29, 1.82) is 0 Å². The third-order valence-corrected chi connectivity index (χ3v) is 4.00. The Morgan fingerprint density at radius 3 is 2.37 bits per heavy atom. The summed E-state index contributed by atoms with van der Waals surface area (Å²) in [6.45, 7) is 6.59. The van der Waals surface area contributed by atoms with Crippen molar-refractivity contribution in [1.82, 2.24) is 0 Å². The first kappa shape index (κ1) is 16.6. The molecule has 0 aliphatic heterocycles. The van der Waals surface area contributed by atoms with E-state index in [-0.39, 0.29) is 5.82 Å². The number of halogens is 2. The number of rotatable bonds is 5. The van der Waals surface area contributed by atoms with E-state index in [9.17, 15) is 14.5 Å². The average molecular weight is 333 g/mol. The van der Waals surface area contributed by atoms with Crippen molar-refractivity contribution in [3.63, 3.8) is 0 Å². The Kier molecular flexibility index (Phi) is 5.18. The molecule has 0 aliphatic carbocycles. The molecule has 0 aliphatic rings. The third kappa shape index (κ3) is 4.02. The van der Waals surface area contributed by atoms with Crippen molar-refractivity contribution in [2.75, 3.05) is 0 Å². The number of hydrogen-bond donors (Lipinski definition) is 2. The highest BCUT2D eigenvalue weighted by Crippen LogP contribution is 2.25. The van der Waals surface area contributed by atoms with Crippen LogP contribution in [-0.2, 0) is 9.98 Å². The number of benzene rings is 1. The summed E-state index contributed by atoms with van der Waals surface area (Å²) in [6.07, 6.45) is 0. The summed E-state index contributed by atoms with van der Waals surface area (Å²) in [6, 6.07) is 4.09. The van der Waals surface area contributed by atoms with Gasteiger partial charge < -0.3 is 14.8 Å². The summed E-state index contributed by atoms with van der Waals surface area (Å²) < 4.78 is 18.7. The van der Waals surface area contributed by atoms with Crippen LogP contribution >= 0.6 is 15.9 Å². The lowest BCUT2D eigenvalue weighted by Gasteiger charge is -2.38. The van der Waals surface area contributed by atoms with Gasteiger partial charge in [0.05, 0.1) is 11.2 Å². The molecule has 3 nitrogen and oxygen atoms in total. The lowest BCUT2D eigenvalue weighted by atomic mass is 9.74. The van der Waals surface area contributed by atoms with Gasteiger partial charge in [0.2, 0.25) is 0 Å². The van der Waals surface area contributed by atoms with Gasteiger partial charge in [0.25, 0.3) is 0 Å². The minimum Gasteiger partial charge on any atom is -0.423 e. The predicted molar refractivity (Wildman–Crippen MR) is 78.1 cm³/mol. The summed E-state index contributed by atoms with van der Waals surface area (Å²) >= 11 is 3.25. The van der Waals surface area contributed by atoms with E-state index in [0.717, 1.165) is 0 Å². The Morgan fingerprint density at radius 2 is 1.89 bits per heavy atom. The minimum absolute atomic E-state index is 0.368. The number of aliphatic hydroxyl groups is 1. The fourth-order valence-electron chi connectivity index (χ4n) is 1.42. The van der Waals surface area contributed by atoms with Gasteiger partial charge in [0, 0.05) is 5.33 Å². The molecule has 0 bridgehead atoms. The van der Waals surface area contributed by atoms with Gasteiger partial charge in [0.1, 0.15) is 5.82 Å². The first-order valence-corrected chi connectivity index (χ1v) is 7.13. The van der Waals surface area contributed by atoms with Crippen LogP contribution in [0.15, 0.2) is 18.2 Å². The van der Waals surface area contributed by atoms with E-state index < -0.39 is 18.3 Å². The van der Waals surface area contributed by atoms with Gasteiger partial charge in [-0.15, -0.1) is 0 Å². The Labute approximate surface area is 122 Å². The van der Waals surface area contributed by atoms with Gasteiger partial charge in [-0.3, -0.25) is 0 Å². The van der Waals surface area contributed by atoms with Crippen molar-refractivity contribution in [3.05, 3.63) is 29.6 Å². The lowest BCUT2D eigenvalue weighted by Crippen LogP contribution is -2.53. The molecule has 0 radical (unpaired) electrons. The quantitative estimate of drug-likeness (QED) is 0.640. The number of hydrogen-bond acceptors (Lipinski definition) is 3. The van der Waals surface area contributed by atoms with Crippen LogP contribution in [-0.4, -0.2) is 28.5 Å². The Balaban J connectivity index is 2.99. The Morgan fingerprint density at radius 1 is 1.32 bits per heavy atom. The molecule has 1 aromatic rings. The molecule has 2 N–H and O–H groups in total. The van der Waals surface area contributed by atoms with Crippen molar-refractivity contribution in [2.24, 2.45) is 0 Å². The summed E-state index contributed by atoms with van der Waals surface area (Å²) in [5.41, 5.74) is -0.984. The molecule has 0 saturated carbocycles. The largest absolute Gasteiger partial charge is 0.491 e. The van der Waals surface area contributed by atoms with Gasteiger partial charge in [-0.25, -0.2) is 4.39 Å². The fourth-order valence-corrected chi connectivity index (χ4v) is 1.90. The van der Waals surface area contributed by atoms with Gasteiger partial charge in [-0.2, -0.15) is 0 Å². The molecule has 0 spiro atoms. The standard InChI is InChI=1S/C13H19BBrFO3/c1-12(2,17)13(3,4)19-14(18)11-6-5-10(16)7-9(11)8-15/h5-7,17-18H,8H2,1-4H3. The summed E-state index contributed by atoms with van der Waals surface area (Å²) in [4.78, 5) is 0. The first-order valence-electron chi connectivity index (χ1n) is 6.01. The summed E-state index contributed by atoms with van der Waals surface area (Å²) in [5, 5.41) is 20.6. The molecule has 6 heteroatoms. The van der Waals surface area contributed by atoms with E-state index in [2.05, 4.69) is 15.9 Å². The Bertz CT molecular complexity index is 446. The molecule has 106 valence electrons. The van der Waals surface area contributed by atoms with Crippen molar-refractivity contribution in [3.8, 4) is 0 Å². The lowest BCUT2D eigenvalue weighted by molar-refractivity contribution is -0.0982. The molecule has 19 heavy (non-hydrogen) atoms. The molecule has 0 fully saturated rings. The number of alkyl halides is 1. The molecular formula is C13H19BBrFO3. The fraction of sp³-hybridized carbons (Fsp3) is 0.538. The van der Waals surface area contributed by atoms with Crippen molar-refractivity contribution < 1.29 is 19.2 Å². The SMILES string of the molecule is CC(C)(O)C(C)(C)OB(O)c1ccc(F)cc1CBr. The monoisotopic (exact) mass is 332 g/mol. The molecule has 1 rings (SSSR count). The molecule has 1 aromatic carbocycles. The maximum atomic E-state index is 13.1. The molecule has 0 atom stereocenters. The van der Waals surface area contributed by atoms with Gasteiger partial charge in [0.15, 0.2) is 0 Å². The normalized spacial score (nSPS) is 12.6. The average Bonchev–Trinajstić information content (AvgIpc) is 2.26. The van der Waals surface area contributed by atoms with Crippen molar-refractivity contribution in [2.45, 2.75) is 44.2 Å². The molecule has 0 unspecified atom stereocenters. The van der Waals surface area contributed by atoms with E-state index in [1.807, 2.05) is 0 Å². The Hall–Kier alpha value is -0.425. The van der Waals surface area contributed by atoms with E-state index in [1.165, 1.54) is 18.2 Å². The van der Waals surface area contributed by atoms with Crippen LogP contribution < -0.4 is 5.46 Å². The zero-order valence-corrected chi connectivity index (χ0v) is 13.2. The van der Waals surface area contributed by atoms with Gasteiger partial charge in [-0.05, 0) is 50.9 Å². The van der Waals surface area contributed by atoms with Crippen molar-refractivity contribution >= 4 is 28.5 Å².